The van der Waals surface area contributed by atoms with Gasteiger partial charge in [0.15, 0.2) is 0 Å². The number of rotatable bonds is 6. The molecule has 1 aromatic carbocycles. The molecular weight excluding hydrogens is 362 g/mol. The van der Waals surface area contributed by atoms with Crippen LogP contribution in [0.2, 0.25) is 0 Å². The van der Waals surface area contributed by atoms with Gasteiger partial charge < -0.3 is 19.9 Å². The number of carbonyl (C=O) groups is 2. The predicted molar refractivity (Wildman–Crippen MR) is 103 cm³/mol. The summed E-state index contributed by atoms with van der Waals surface area (Å²) in [5.74, 6) is -2.08. The maximum Gasteiger partial charge on any atom is 0.352 e. The molecular formula is C20H23N3O5. The summed E-state index contributed by atoms with van der Waals surface area (Å²) in [4.78, 5) is 23.0. The smallest absolute Gasteiger partial charge is 0.352 e. The standard InChI is InChI=1S/C20H23N3O5/c1-10-5-6-12-13(7-8-15(25)26)19(20(27)28)22(3)18(12)16(10)17-11(2)23(4)21-14(17)9-24/h5-6,24H,7-9H2,1-4H3,(H,25,26)(H,27,28). The molecule has 3 aromatic rings. The second-order valence-corrected chi connectivity index (χ2v) is 6.93. The highest BCUT2D eigenvalue weighted by molar-refractivity contribution is 6.05. The lowest BCUT2D eigenvalue weighted by atomic mass is 9.94. The van der Waals surface area contributed by atoms with Crippen LogP contribution in [0, 0.1) is 13.8 Å². The molecule has 8 nitrogen and oxygen atoms in total. The monoisotopic (exact) mass is 385 g/mol. The topological polar surface area (TPSA) is 118 Å². The molecule has 0 radical (unpaired) electrons. The summed E-state index contributed by atoms with van der Waals surface area (Å²) in [5, 5.41) is 33.7. The highest BCUT2D eigenvalue weighted by Crippen LogP contribution is 2.39. The van der Waals surface area contributed by atoms with E-state index in [0.717, 1.165) is 22.4 Å². The molecule has 0 amide bonds. The van der Waals surface area contributed by atoms with Crippen LogP contribution < -0.4 is 0 Å². The normalized spacial score (nSPS) is 11.3. The fourth-order valence-electron chi connectivity index (χ4n) is 3.91. The molecule has 0 unspecified atom stereocenters. The van der Waals surface area contributed by atoms with Crippen LogP contribution in [-0.4, -0.2) is 41.6 Å². The van der Waals surface area contributed by atoms with Crippen molar-refractivity contribution in [3.63, 3.8) is 0 Å². The number of aliphatic carboxylic acids is 1. The first-order chi connectivity index (χ1) is 13.2. The zero-order valence-corrected chi connectivity index (χ0v) is 16.3. The minimum absolute atomic E-state index is 0.0789. The Balaban J connectivity index is 2.43. The van der Waals surface area contributed by atoms with E-state index in [-0.39, 0.29) is 25.1 Å². The number of hydrogen-bond acceptors (Lipinski definition) is 4. The van der Waals surface area contributed by atoms with Gasteiger partial charge in [-0.25, -0.2) is 4.79 Å². The van der Waals surface area contributed by atoms with E-state index >= 15 is 0 Å². The summed E-state index contributed by atoms with van der Waals surface area (Å²) in [7, 11) is 3.46. The summed E-state index contributed by atoms with van der Waals surface area (Å²) in [5.41, 5.74) is 5.14. The number of aromatic carboxylic acids is 1. The van der Waals surface area contributed by atoms with Gasteiger partial charge in [0, 0.05) is 42.7 Å². The van der Waals surface area contributed by atoms with Gasteiger partial charge in [-0.15, -0.1) is 0 Å². The number of aliphatic hydroxyl groups is 1. The Morgan fingerprint density at radius 2 is 1.79 bits per heavy atom. The highest BCUT2D eigenvalue weighted by atomic mass is 16.4. The number of carboxylic acid groups (broad SMARTS) is 2. The van der Waals surface area contributed by atoms with Crippen LogP contribution in [0.15, 0.2) is 12.1 Å². The van der Waals surface area contributed by atoms with E-state index < -0.39 is 11.9 Å². The summed E-state index contributed by atoms with van der Waals surface area (Å²) < 4.78 is 3.29. The maximum absolute atomic E-state index is 12.0. The molecule has 0 aliphatic carbocycles. The first kappa shape index (κ1) is 19.6. The lowest BCUT2D eigenvalue weighted by molar-refractivity contribution is -0.136. The number of benzene rings is 1. The highest BCUT2D eigenvalue weighted by Gasteiger charge is 2.26. The van der Waals surface area contributed by atoms with E-state index in [4.69, 9.17) is 5.11 Å². The van der Waals surface area contributed by atoms with Crippen LogP contribution in [0.4, 0.5) is 0 Å². The Bertz CT molecular complexity index is 1110. The molecule has 0 atom stereocenters. The van der Waals surface area contributed by atoms with E-state index in [1.807, 2.05) is 26.0 Å². The Morgan fingerprint density at radius 1 is 1.11 bits per heavy atom. The summed E-state index contributed by atoms with van der Waals surface area (Å²) in [6.07, 6.45) is -0.0356. The molecule has 3 rings (SSSR count). The molecule has 0 aliphatic heterocycles. The Kier molecular flexibility index (Phi) is 4.99. The quantitative estimate of drug-likeness (QED) is 0.600. The summed E-state index contributed by atoms with van der Waals surface area (Å²) >= 11 is 0. The first-order valence-electron chi connectivity index (χ1n) is 8.88. The van der Waals surface area contributed by atoms with Gasteiger partial charge >= 0.3 is 11.9 Å². The fraction of sp³-hybridized carbons (Fsp3) is 0.350. The lowest BCUT2D eigenvalue weighted by Gasteiger charge is -2.12. The van der Waals surface area contributed by atoms with Gasteiger partial charge in [0.25, 0.3) is 0 Å². The van der Waals surface area contributed by atoms with Gasteiger partial charge in [0.1, 0.15) is 5.69 Å². The van der Waals surface area contributed by atoms with Gasteiger partial charge in [-0.05, 0) is 31.4 Å². The zero-order chi connectivity index (χ0) is 20.7. The van der Waals surface area contributed by atoms with Gasteiger partial charge in [0.2, 0.25) is 0 Å². The van der Waals surface area contributed by atoms with E-state index in [9.17, 15) is 19.8 Å². The third-order valence-corrected chi connectivity index (χ3v) is 5.27. The van der Waals surface area contributed by atoms with Gasteiger partial charge in [-0.1, -0.05) is 12.1 Å². The van der Waals surface area contributed by atoms with E-state index in [1.165, 1.54) is 0 Å². The Hall–Kier alpha value is -3.13. The number of nitrogens with zero attached hydrogens (tertiary/aromatic N) is 3. The number of aromatic nitrogens is 3. The molecule has 0 aliphatic rings. The largest absolute Gasteiger partial charge is 0.481 e. The number of carboxylic acids is 2. The maximum atomic E-state index is 12.0. The molecule has 0 fully saturated rings. The molecule has 0 saturated heterocycles. The molecule has 0 saturated carbocycles. The molecule has 2 heterocycles. The van der Waals surface area contributed by atoms with Crippen molar-refractivity contribution in [1.29, 1.82) is 0 Å². The van der Waals surface area contributed by atoms with Gasteiger partial charge in [-0.3, -0.25) is 9.48 Å². The second-order valence-electron chi connectivity index (χ2n) is 6.93. The SMILES string of the molecule is Cc1ccc2c(CCC(=O)O)c(C(=O)O)n(C)c2c1-c1c(CO)nn(C)c1C. The van der Waals surface area contributed by atoms with Crippen molar-refractivity contribution in [2.75, 3.05) is 0 Å². The van der Waals surface area contributed by atoms with Crippen LogP contribution in [0.3, 0.4) is 0 Å². The molecule has 0 spiro atoms. The van der Waals surface area contributed by atoms with Crippen molar-refractivity contribution in [2.45, 2.75) is 33.3 Å². The van der Waals surface area contributed by atoms with Gasteiger partial charge in [-0.2, -0.15) is 5.10 Å². The van der Waals surface area contributed by atoms with Crippen LogP contribution in [0.25, 0.3) is 22.0 Å². The third kappa shape index (κ3) is 2.95. The molecule has 0 bridgehead atoms. The number of hydrogen-bond donors (Lipinski definition) is 3. The second kappa shape index (κ2) is 7.12. The summed E-state index contributed by atoms with van der Waals surface area (Å²) in [6, 6.07) is 3.73. The molecule has 3 N–H and O–H groups in total. The predicted octanol–water partition coefficient (Wildman–Crippen LogP) is 2.40. The van der Waals surface area contributed by atoms with Crippen molar-refractivity contribution in [2.24, 2.45) is 14.1 Å². The van der Waals surface area contributed by atoms with E-state index in [2.05, 4.69) is 5.10 Å². The van der Waals surface area contributed by atoms with Gasteiger partial charge in [0.05, 0.1) is 17.8 Å². The summed E-state index contributed by atoms with van der Waals surface area (Å²) in [6.45, 7) is 3.58. The minimum atomic E-state index is -1.10. The van der Waals surface area contributed by atoms with Crippen molar-refractivity contribution >= 4 is 22.8 Å². The number of fused-ring (bicyclic) bond motifs is 1. The Morgan fingerprint density at radius 3 is 2.36 bits per heavy atom. The van der Waals surface area contributed by atoms with Crippen LogP contribution >= 0.6 is 0 Å². The fourth-order valence-corrected chi connectivity index (χ4v) is 3.91. The molecule has 148 valence electrons. The molecule has 2 aromatic heterocycles. The lowest BCUT2D eigenvalue weighted by Crippen LogP contribution is -2.09. The van der Waals surface area contributed by atoms with Crippen molar-refractivity contribution in [3.05, 3.63) is 40.3 Å². The molecule has 8 heteroatoms. The van der Waals surface area contributed by atoms with Crippen LogP contribution in [-0.2, 0) is 31.9 Å². The van der Waals surface area contributed by atoms with Crippen LogP contribution in [0.5, 0.6) is 0 Å². The average Bonchev–Trinajstić information content (AvgIpc) is 3.07. The number of aliphatic hydroxyl groups excluding tert-OH is 1. The minimum Gasteiger partial charge on any atom is -0.481 e. The Labute approximate surface area is 161 Å². The zero-order valence-electron chi connectivity index (χ0n) is 16.3. The van der Waals surface area contributed by atoms with E-state index in [1.54, 1.807) is 23.3 Å². The molecule has 28 heavy (non-hydrogen) atoms. The van der Waals surface area contributed by atoms with Crippen molar-refractivity contribution < 1.29 is 24.9 Å². The third-order valence-electron chi connectivity index (χ3n) is 5.27. The first-order valence-corrected chi connectivity index (χ1v) is 8.88. The van der Waals surface area contributed by atoms with E-state index in [0.29, 0.717) is 22.2 Å². The average molecular weight is 385 g/mol. The van der Waals surface area contributed by atoms with Crippen LogP contribution in [0.1, 0.15) is 39.4 Å². The van der Waals surface area contributed by atoms with Crippen molar-refractivity contribution in [1.82, 2.24) is 14.3 Å². The number of aryl methyl sites for hydroxylation is 4. The van der Waals surface area contributed by atoms with Crippen molar-refractivity contribution in [3.8, 4) is 11.1 Å².